The Balaban J connectivity index is 1.53. The molecule has 2 aliphatic rings. The second-order valence-corrected chi connectivity index (χ2v) is 5.65. The molecule has 1 heterocycles. The van der Waals surface area contributed by atoms with Crippen molar-refractivity contribution in [2.45, 2.75) is 58.0 Å². The zero-order valence-corrected chi connectivity index (χ0v) is 10.8. The van der Waals surface area contributed by atoms with E-state index in [-0.39, 0.29) is 0 Å². The Kier molecular flexibility index (Phi) is 5.11. The first-order valence-electron chi connectivity index (χ1n) is 7.18. The average Bonchev–Trinajstić information content (AvgIpc) is 2.33. The maximum Gasteiger partial charge on any atom is 0.0597 e. The largest absolute Gasteiger partial charge is 0.377 e. The van der Waals surface area contributed by atoms with E-state index in [2.05, 4.69) is 11.8 Å². The number of ether oxygens (including phenoxy) is 1. The first-order chi connectivity index (χ1) is 7.84. The summed E-state index contributed by atoms with van der Waals surface area (Å²) in [7, 11) is 0. The van der Waals surface area contributed by atoms with Crippen LogP contribution in [0.1, 0.15) is 51.9 Å². The smallest absolute Gasteiger partial charge is 0.0597 e. The zero-order chi connectivity index (χ0) is 11.2. The number of hydrogen-bond acceptors (Lipinski definition) is 2. The first-order valence-corrected chi connectivity index (χ1v) is 7.18. The summed E-state index contributed by atoms with van der Waals surface area (Å²) in [5.74, 6) is 0.932. The maximum atomic E-state index is 5.99. The molecule has 1 saturated heterocycles. The molecule has 16 heavy (non-hydrogen) atoms. The van der Waals surface area contributed by atoms with Gasteiger partial charge in [-0.3, -0.25) is 0 Å². The lowest BCUT2D eigenvalue weighted by molar-refractivity contribution is 0.00686. The highest BCUT2D eigenvalue weighted by Gasteiger charge is 2.18. The van der Waals surface area contributed by atoms with Crippen molar-refractivity contribution in [1.29, 1.82) is 0 Å². The van der Waals surface area contributed by atoms with Gasteiger partial charge in [0.2, 0.25) is 0 Å². The topological polar surface area (TPSA) is 12.5 Å². The summed E-state index contributed by atoms with van der Waals surface area (Å²) in [5.41, 5.74) is 0. The molecule has 1 saturated carbocycles. The minimum absolute atomic E-state index is 0.570. The lowest BCUT2D eigenvalue weighted by atomic mass is 9.89. The van der Waals surface area contributed by atoms with Crippen molar-refractivity contribution in [2.24, 2.45) is 5.92 Å². The van der Waals surface area contributed by atoms with Crippen LogP contribution in [-0.2, 0) is 4.74 Å². The molecular formula is C14H27NO. The van der Waals surface area contributed by atoms with Crippen LogP contribution in [-0.4, -0.2) is 37.2 Å². The van der Waals surface area contributed by atoms with Gasteiger partial charge in [0.1, 0.15) is 0 Å². The van der Waals surface area contributed by atoms with Crippen molar-refractivity contribution < 1.29 is 4.74 Å². The van der Waals surface area contributed by atoms with Crippen molar-refractivity contribution in [2.75, 3.05) is 26.2 Å². The van der Waals surface area contributed by atoms with Gasteiger partial charge in [0.15, 0.2) is 0 Å². The Labute approximate surface area is 100 Å². The average molecular weight is 225 g/mol. The molecule has 0 bridgehead atoms. The molecule has 94 valence electrons. The normalized spacial score (nSPS) is 32.8. The highest BCUT2D eigenvalue weighted by atomic mass is 16.5. The lowest BCUT2D eigenvalue weighted by Gasteiger charge is -2.29. The van der Waals surface area contributed by atoms with E-state index < -0.39 is 0 Å². The van der Waals surface area contributed by atoms with Crippen LogP contribution in [0, 0.1) is 5.92 Å². The SMILES string of the molecule is CC1CCC(OCCN2CCCCC2)CC1. The molecule has 2 nitrogen and oxygen atoms in total. The van der Waals surface area contributed by atoms with Gasteiger partial charge in [0, 0.05) is 6.54 Å². The van der Waals surface area contributed by atoms with Gasteiger partial charge in [0.05, 0.1) is 12.7 Å². The van der Waals surface area contributed by atoms with Gasteiger partial charge >= 0.3 is 0 Å². The molecule has 2 heteroatoms. The summed E-state index contributed by atoms with van der Waals surface area (Å²) < 4.78 is 5.99. The number of rotatable bonds is 4. The Morgan fingerprint density at radius 1 is 1.00 bits per heavy atom. The standard InChI is InChI=1S/C14H27NO/c1-13-5-7-14(8-6-13)16-12-11-15-9-3-2-4-10-15/h13-14H,2-12H2,1H3. The molecule has 2 fully saturated rings. The molecule has 0 aromatic rings. The molecule has 0 aromatic carbocycles. The van der Waals surface area contributed by atoms with E-state index in [4.69, 9.17) is 4.74 Å². The van der Waals surface area contributed by atoms with Gasteiger partial charge in [-0.2, -0.15) is 0 Å². The van der Waals surface area contributed by atoms with Gasteiger partial charge in [0.25, 0.3) is 0 Å². The van der Waals surface area contributed by atoms with Crippen LogP contribution >= 0.6 is 0 Å². The lowest BCUT2D eigenvalue weighted by Crippen LogP contribution is -2.34. The van der Waals surface area contributed by atoms with E-state index in [0.29, 0.717) is 6.10 Å². The summed E-state index contributed by atoms with van der Waals surface area (Å²) in [6.07, 6.45) is 10.1. The zero-order valence-electron chi connectivity index (χ0n) is 10.8. The van der Waals surface area contributed by atoms with Crippen LogP contribution in [0.2, 0.25) is 0 Å². The van der Waals surface area contributed by atoms with Gasteiger partial charge < -0.3 is 9.64 Å². The van der Waals surface area contributed by atoms with E-state index in [1.165, 1.54) is 58.0 Å². The minimum atomic E-state index is 0.570. The van der Waals surface area contributed by atoms with Gasteiger partial charge in [-0.15, -0.1) is 0 Å². The molecule has 0 N–H and O–H groups in total. The van der Waals surface area contributed by atoms with E-state index in [1.807, 2.05) is 0 Å². The molecule has 0 aromatic heterocycles. The molecule has 0 amide bonds. The quantitative estimate of drug-likeness (QED) is 0.729. The van der Waals surface area contributed by atoms with Crippen LogP contribution in [0.4, 0.5) is 0 Å². The van der Waals surface area contributed by atoms with Gasteiger partial charge in [-0.25, -0.2) is 0 Å². The fraction of sp³-hybridized carbons (Fsp3) is 1.00. The molecule has 0 spiro atoms. The van der Waals surface area contributed by atoms with Crippen LogP contribution in [0.25, 0.3) is 0 Å². The molecular weight excluding hydrogens is 198 g/mol. The van der Waals surface area contributed by atoms with Crippen LogP contribution < -0.4 is 0 Å². The van der Waals surface area contributed by atoms with Gasteiger partial charge in [-0.05, 0) is 57.5 Å². The molecule has 1 aliphatic heterocycles. The van der Waals surface area contributed by atoms with E-state index in [9.17, 15) is 0 Å². The Bertz CT molecular complexity index is 181. The van der Waals surface area contributed by atoms with Crippen molar-refractivity contribution >= 4 is 0 Å². The Morgan fingerprint density at radius 3 is 2.38 bits per heavy atom. The summed E-state index contributed by atoms with van der Waals surface area (Å²) in [5, 5.41) is 0. The molecule has 0 atom stereocenters. The Morgan fingerprint density at radius 2 is 1.69 bits per heavy atom. The second-order valence-electron chi connectivity index (χ2n) is 5.65. The number of likely N-dealkylation sites (tertiary alicyclic amines) is 1. The third kappa shape index (κ3) is 4.06. The fourth-order valence-electron chi connectivity index (χ4n) is 2.93. The van der Waals surface area contributed by atoms with Crippen molar-refractivity contribution in [3.8, 4) is 0 Å². The molecule has 1 aliphatic carbocycles. The fourth-order valence-corrected chi connectivity index (χ4v) is 2.93. The van der Waals surface area contributed by atoms with Gasteiger partial charge in [-0.1, -0.05) is 13.3 Å². The van der Waals surface area contributed by atoms with Crippen molar-refractivity contribution in [1.82, 2.24) is 4.90 Å². The highest BCUT2D eigenvalue weighted by molar-refractivity contribution is 4.70. The van der Waals surface area contributed by atoms with E-state index in [0.717, 1.165) is 19.1 Å². The number of hydrogen-bond donors (Lipinski definition) is 0. The Hall–Kier alpha value is -0.0800. The van der Waals surface area contributed by atoms with Crippen molar-refractivity contribution in [3.63, 3.8) is 0 Å². The van der Waals surface area contributed by atoms with Crippen molar-refractivity contribution in [3.05, 3.63) is 0 Å². The maximum absolute atomic E-state index is 5.99. The minimum Gasteiger partial charge on any atom is -0.377 e. The summed E-state index contributed by atoms with van der Waals surface area (Å²) in [4.78, 5) is 2.56. The second kappa shape index (κ2) is 6.61. The van der Waals surface area contributed by atoms with E-state index >= 15 is 0 Å². The predicted octanol–water partition coefficient (Wildman–Crippen LogP) is 3.07. The predicted molar refractivity (Wildman–Crippen MR) is 67.7 cm³/mol. The number of nitrogens with zero attached hydrogens (tertiary/aromatic N) is 1. The molecule has 2 rings (SSSR count). The van der Waals surface area contributed by atoms with Crippen LogP contribution in [0.3, 0.4) is 0 Å². The summed E-state index contributed by atoms with van der Waals surface area (Å²) in [6, 6.07) is 0. The molecule has 0 radical (unpaired) electrons. The highest BCUT2D eigenvalue weighted by Crippen LogP contribution is 2.25. The van der Waals surface area contributed by atoms with Crippen LogP contribution in [0.15, 0.2) is 0 Å². The third-order valence-corrected chi connectivity index (χ3v) is 4.17. The van der Waals surface area contributed by atoms with E-state index in [1.54, 1.807) is 0 Å². The molecule has 0 unspecified atom stereocenters. The third-order valence-electron chi connectivity index (χ3n) is 4.17. The summed E-state index contributed by atoms with van der Waals surface area (Å²) >= 11 is 0. The monoisotopic (exact) mass is 225 g/mol. The number of piperidine rings is 1. The first kappa shape index (κ1) is 12.4. The van der Waals surface area contributed by atoms with Crippen LogP contribution in [0.5, 0.6) is 0 Å². The summed E-state index contributed by atoms with van der Waals surface area (Å²) in [6.45, 7) is 7.07.